The number of aliphatic hydroxyl groups is 1. The minimum atomic E-state index is -1.11. The fraction of sp³-hybridized carbons (Fsp3) is 0.455. The number of esters is 1. The van der Waals surface area contributed by atoms with Gasteiger partial charge >= 0.3 is 12.0 Å². The zero-order valence-electron chi connectivity index (χ0n) is 11.7. The van der Waals surface area contributed by atoms with Gasteiger partial charge in [0, 0.05) is 0 Å². The zero-order chi connectivity index (χ0) is 16.9. The summed E-state index contributed by atoms with van der Waals surface area (Å²) in [6.45, 7) is 1.23. The Labute approximate surface area is 125 Å². The normalized spacial score (nSPS) is 20.5. The lowest BCUT2D eigenvalue weighted by atomic mass is 10.2. The molecule has 0 aromatic rings. The van der Waals surface area contributed by atoms with Crippen molar-refractivity contribution in [3.05, 3.63) is 11.4 Å². The number of aliphatic hydroxyl groups excluding tert-OH is 1. The standard InChI is InChI=1S/C11H17N5O6/c1-2-21-10(19)6(13)5(12)7(15-11(14)20)8(18)16-9-4(3-17)22-9/h4,9,13,17H,2-3,12H2,1H3,(H,16,18)(H3,14,15,20)/b7-5+,13-6?. The highest BCUT2D eigenvalue weighted by molar-refractivity contribution is 6.42. The number of carbonyl (C=O) groups excluding carboxylic acids is 3. The van der Waals surface area contributed by atoms with Crippen molar-refractivity contribution in [1.29, 1.82) is 5.41 Å². The van der Waals surface area contributed by atoms with E-state index in [0.717, 1.165) is 0 Å². The van der Waals surface area contributed by atoms with Crippen LogP contribution >= 0.6 is 0 Å². The third-order valence-electron chi connectivity index (χ3n) is 2.53. The number of nitrogens with two attached hydrogens (primary N) is 2. The van der Waals surface area contributed by atoms with E-state index in [1.54, 1.807) is 0 Å². The third kappa shape index (κ3) is 4.43. The SMILES string of the molecule is CCOC(=O)C(=N)/C(N)=C(\NC(N)=O)C(=O)NC1OC1CO. The number of hydrogen-bond donors (Lipinski definition) is 6. The van der Waals surface area contributed by atoms with Gasteiger partial charge in [0.2, 0.25) is 0 Å². The average molecular weight is 315 g/mol. The molecule has 0 aromatic heterocycles. The smallest absolute Gasteiger partial charge is 0.358 e. The lowest BCUT2D eigenvalue weighted by Crippen LogP contribution is -2.42. The van der Waals surface area contributed by atoms with E-state index in [1.807, 2.05) is 5.32 Å². The van der Waals surface area contributed by atoms with Gasteiger partial charge in [-0.15, -0.1) is 0 Å². The summed E-state index contributed by atoms with van der Waals surface area (Å²) in [6, 6.07) is -1.11. The molecule has 0 bridgehead atoms. The number of rotatable bonds is 7. The highest BCUT2D eigenvalue weighted by Gasteiger charge is 2.40. The first-order valence-corrected chi connectivity index (χ1v) is 6.21. The van der Waals surface area contributed by atoms with E-state index in [4.69, 9.17) is 26.7 Å². The van der Waals surface area contributed by atoms with E-state index in [2.05, 4.69) is 10.1 Å². The van der Waals surface area contributed by atoms with Crippen LogP contribution in [0.5, 0.6) is 0 Å². The molecular formula is C11H17N5O6. The van der Waals surface area contributed by atoms with Crippen LogP contribution in [0, 0.1) is 5.41 Å². The Morgan fingerprint density at radius 2 is 2.00 bits per heavy atom. The van der Waals surface area contributed by atoms with Gasteiger partial charge in [0.15, 0.2) is 11.9 Å². The molecule has 0 radical (unpaired) electrons. The maximum atomic E-state index is 12.0. The van der Waals surface area contributed by atoms with E-state index in [-0.39, 0.29) is 13.2 Å². The molecule has 0 saturated carbocycles. The first-order valence-electron chi connectivity index (χ1n) is 6.21. The summed E-state index contributed by atoms with van der Waals surface area (Å²) >= 11 is 0. The van der Waals surface area contributed by atoms with Crippen LogP contribution in [0.3, 0.4) is 0 Å². The van der Waals surface area contributed by atoms with Crippen LogP contribution in [0.15, 0.2) is 11.4 Å². The molecule has 122 valence electrons. The summed E-state index contributed by atoms with van der Waals surface area (Å²) in [5.74, 6) is -1.99. The van der Waals surface area contributed by atoms with Crippen LogP contribution in [0.25, 0.3) is 0 Å². The van der Waals surface area contributed by atoms with Gasteiger partial charge in [-0.3, -0.25) is 10.2 Å². The van der Waals surface area contributed by atoms with Gasteiger partial charge in [-0.25, -0.2) is 9.59 Å². The molecular weight excluding hydrogens is 298 g/mol. The van der Waals surface area contributed by atoms with Crippen molar-refractivity contribution in [3.8, 4) is 0 Å². The summed E-state index contributed by atoms with van der Waals surface area (Å²) in [5.41, 5.74) is 8.45. The molecule has 8 N–H and O–H groups in total. The third-order valence-corrected chi connectivity index (χ3v) is 2.53. The van der Waals surface area contributed by atoms with Crippen molar-refractivity contribution in [2.24, 2.45) is 11.5 Å². The fourth-order valence-corrected chi connectivity index (χ4v) is 1.42. The predicted octanol–water partition coefficient (Wildman–Crippen LogP) is -2.76. The minimum absolute atomic E-state index is 0.00731. The highest BCUT2D eigenvalue weighted by Crippen LogP contribution is 2.18. The summed E-state index contributed by atoms with van der Waals surface area (Å²) in [4.78, 5) is 34.4. The van der Waals surface area contributed by atoms with E-state index in [9.17, 15) is 14.4 Å². The Balaban J connectivity index is 2.92. The van der Waals surface area contributed by atoms with Crippen molar-refractivity contribution in [3.63, 3.8) is 0 Å². The molecule has 22 heavy (non-hydrogen) atoms. The van der Waals surface area contributed by atoms with Gasteiger partial charge in [0.25, 0.3) is 5.91 Å². The second kappa shape index (κ2) is 7.38. The first-order chi connectivity index (χ1) is 10.3. The lowest BCUT2D eigenvalue weighted by molar-refractivity contribution is -0.135. The molecule has 0 aliphatic carbocycles. The molecule has 1 saturated heterocycles. The van der Waals surface area contributed by atoms with Gasteiger partial charge in [-0.1, -0.05) is 0 Å². The topological polar surface area (TPSA) is 193 Å². The maximum Gasteiger partial charge on any atom is 0.358 e. The lowest BCUT2D eigenvalue weighted by Gasteiger charge is -2.12. The highest BCUT2D eigenvalue weighted by atomic mass is 16.6. The minimum Gasteiger partial charge on any atom is -0.461 e. The molecule has 1 rings (SSSR count). The zero-order valence-corrected chi connectivity index (χ0v) is 11.7. The van der Waals surface area contributed by atoms with Crippen LogP contribution in [-0.4, -0.2) is 54.3 Å². The van der Waals surface area contributed by atoms with E-state index in [0.29, 0.717) is 0 Å². The Bertz CT molecular complexity index is 531. The second-order valence-electron chi connectivity index (χ2n) is 4.12. The molecule has 11 nitrogen and oxygen atoms in total. The van der Waals surface area contributed by atoms with Crippen LogP contribution in [0.1, 0.15) is 6.92 Å². The molecule has 1 aliphatic heterocycles. The van der Waals surface area contributed by atoms with Crippen LogP contribution < -0.4 is 22.1 Å². The van der Waals surface area contributed by atoms with Crippen LogP contribution in [0.4, 0.5) is 4.79 Å². The van der Waals surface area contributed by atoms with E-state index < -0.39 is 47.3 Å². The van der Waals surface area contributed by atoms with Gasteiger partial charge < -0.3 is 36.7 Å². The number of hydrogen-bond acceptors (Lipinski definition) is 8. The first kappa shape index (κ1) is 17.4. The van der Waals surface area contributed by atoms with Gasteiger partial charge in [-0.05, 0) is 6.92 Å². The monoisotopic (exact) mass is 315 g/mol. The van der Waals surface area contributed by atoms with Crippen LogP contribution in [0.2, 0.25) is 0 Å². The number of epoxide rings is 1. The van der Waals surface area contributed by atoms with E-state index >= 15 is 0 Å². The van der Waals surface area contributed by atoms with Gasteiger partial charge in [0.05, 0.1) is 18.9 Å². The average Bonchev–Trinajstić information content (AvgIpc) is 3.21. The Kier molecular flexibility index (Phi) is 5.83. The molecule has 3 amide bonds. The van der Waals surface area contributed by atoms with Crippen molar-refractivity contribution in [2.45, 2.75) is 19.3 Å². The molecule has 1 fully saturated rings. The predicted molar refractivity (Wildman–Crippen MR) is 72.2 cm³/mol. The van der Waals surface area contributed by atoms with E-state index in [1.165, 1.54) is 6.92 Å². The summed E-state index contributed by atoms with van der Waals surface area (Å²) in [7, 11) is 0. The number of amides is 3. The fourth-order valence-electron chi connectivity index (χ4n) is 1.42. The molecule has 11 heteroatoms. The molecule has 0 aromatic carbocycles. The summed E-state index contributed by atoms with van der Waals surface area (Å²) in [6.07, 6.45) is -1.32. The van der Waals surface area contributed by atoms with Crippen LogP contribution in [-0.2, 0) is 19.1 Å². The van der Waals surface area contributed by atoms with Crippen molar-refractivity contribution in [2.75, 3.05) is 13.2 Å². The number of nitrogens with one attached hydrogen (secondary N) is 3. The molecule has 2 unspecified atom stereocenters. The Morgan fingerprint density at radius 1 is 1.36 bits per heavy atom. The van der Waals surface area contributed by atoms with Crippen molar-refractivity contribution >= 4 is 23.6 Å². The number of urea groups is 1. The second-order valence-corrected chi connectivity index (χ2v) is 4.12. The molecule has 0 spiro atoms. The quantitative estimate of drug-likeness (QED) is 0.127. The summed E-state index contributed by atoms with van der Waals surface area (Å²) in [5, 5.41) is 20.6. The van der Waals surface area contributed by atoms with Gasteiger partial charge in [0.1, 0.15) is 11.8 Å². The maximum absolute atomic E-state index is 12.0. The van der Waals surface area contributed by atoms with Gasteiger partial charge in [-0.2, -0.15) is 0 Å². The Morgan fingerprint density at radius 3 is 2.45 bits per heavy atom. The molecule has 1 aliphatic rings. The molecule has 1 heterocycles. The van der Waals surface area contributed by atoms with Crippen molar-refractivity contribution in [1.82, 2.24) is 10.6 Å². The summed E-state index contributed by atoms with van der Waals surface area (Å²) < 4.78 is 9.46. The largest absolute Gasteiger partial charge is 0.461 e. The number of carbonyl (C=O) groups is 3. The Hall–Kier alpha value is -2.66. The van der Waals surface area contributed by atoms with Crippen molar-refractivity contribution < 1.29 is 29.0 Å². The molecule has 2 atom stereocenters. The number of primary amides is 1. The number of ether oxygens (including phenoxy) is 2.